The number of esters is 1. The van der Waals surface area contributed by atoms with Gasteiger partial charge in [0, 0.05) is 17.2 Å². The van der Waals surface area contributed by atoms with Gasteiger partial charge in [-0.25, -0.2) is 9.78 Å². The summed E-state index contributed by atoms with van der Waals surface area (Å²) in [6.07, 6.45) is 2.64. The molecule has 0 saturated carbocycles. The van der Waals surface area contributed by atoms with E-state index in [4.69, 9.17) is 14.5 Å². The maximum atomic E-state index is 12.3. The summed E-state index contributed by atoms with van der Waals surface area (Å²) < 4.78 is 13.3. The molecule has 0 fully saturated rings. The third kappa shape index (κ3) is 4.11. The molecule has 0 aliphatic carbocycles. The Morgan fingerprint density at radius 2 is 1.93 bits per heavy atom. The van der Waals surface area contributed by atoms with E-state index in [1.54, 1.807) is 20.2 Å². The van der Waals surface area contributed by atoms with Gasteiger partial charge in [0.25, 0.3) is 0 Å². The van der Waals surface area contributed by atoms with Crippen molar-refractivity contribution in [3.8, 4) is 5.75 Å². The third-order valence-corrected chi connectivity index (χ3v) is 5.36. The van der Waals surface area contributed by atoms with Crippen LogP contribution < -0.4 is 10.1 Å². The van der Waals surface area contributed by atoms with Crippen molar-refractivity contribution in [1.82, 2.24) is 9.38 Å². The first kappa shape index (κ1) is 20.2. The predicted octanol–water partition coefficient (Wildman–Crippen LogP) is 5.09. The first-order chi connectivity index (χ1) is 14.6. The van der Waals surface area contributed by atoms with E-state index in [1.165, 1.54) is 5.56 Å². The van der Waals surface area contributed by atoms with Gasteiger partial charge < -0.3 is 19.2 Å². The van der Waals surface area contributed by atoms with Crippen molar-refractivity contribution in [3.63, 3.8) is 0 Å². The summed E-state index contributed by atoms with van der Waals surface area (Å²) >= 11 is 3.51. The van der Waals surface area contributed by atoms with Crippen LogP contribution >= 0.6 is 15.9 Å². The molecule has 0 bridgehead atoms. The van der Waals surface area contributed by atoms with Crippen LogP contribution in [-0.4, -0.2) is 35.6 Å². The summed E-state index contributed by atoms with van der Waals surface area (Å²) in [5, 5.41) is 3.43. The van der Waals surface area contributed by atoms with Gasteiger partial charge in [0.2, 0.25) is 0 Å². The van der Waals surface area contributed by atoms with E-state index in [1.807, 2.05) is 40.8 Å². The summed E-state index contributed by atoms with van der Waals surface area (Å²) in [5.74, 6) is 1.23. The summed E-state index contributed by atoms with van der Waals surface area (Å²) in [7, 11) is 1.66. The fraction of sp³-hybridized carbons (Fsp3) is 0.217. The number of benzene rings is 2. The summed E-state index contributed by atoms with van der Waals surface area (Å²) in [5.41, 5.74) is 4.29. The first-order valence-electron chi connectivity index (χ1n) is 9.74. The molecule has 4 aromatic rings. The Kier molecular flexibility index (Phi) is 5.90. The lowest BCUT2D eigenvalue weighted by atomic mass is 10.1. The number of rotatable bonds is 7. The lowest BCUT2D eigenvalue weighted by Crippen LogP contribution is -2.08. The Bertz CT molecular complexity index is 1200. The molecule has 2 heterocycles. The molecule has 0 spiro atoms. The van der Waals surface area contributed by atoms with Crippen LogP contribution in [0.2, 0.25) is 0 Å². The largest absolute Gasteiger partial charge is 0.497 e. The van der Waals surface area contributed by atoms with Crippen LogP contribution in [0.15, 0.2) is 59.2 Å². The van der Waals surface area contributed by atoms with Crippen molar-refractivity contribution in [2.75, 3.05) is 25.6 Å². The van der Waals surface area contributed by atoms with Crippen LogP contribution in [0, 0.1) is 0 Å². The minimum Gasteiger partial charge on any atom is -0.497 e. The van der Waals surface area contributed by atoms with Crippen molar-refractivity contribution in [2.24, 2.45) is 0 Å². The third-order valence-electron chi connectivity index (χ3n) is 4.87. The number of methoxy groups -OCH3 is 1. The van der Waals surface area contributed by atoms with Gasteiger partial charge in [-0.05, 0) is 55.3 Å². The molecule has 6 nitrogen and oxygen atoms in total. The number of aromatic nitrogens is 2. The number of anilines is 1. The Morgan fingerprint density at radius 3 is 2.67 bits per heavy atom. The molecule has 0 radical (unpaired) electrons. The van der Waals surface area contributed by atoms with Gasteiger partial charge in [-0.15, -0.1) is 0 Å². The molecule has 154 valence electrons. The monoisotopic (exact) mass is 467 g/mol. The van der Waals surface area contributed by atoms with E-state index < -0.39 is 0 Å². The molecule has 4 rings (SSSR count). The van der Waals surface area contributed by atoms with E-state index in [0.717, 1.165) is 39.0 Å². The number of hydrogen-bond acceptors (Lipinski definition) is 5. The quantitative estimate of drug-likeness (QED) is 0.383. The Hall–Kier alpha value is -3.06. The van der Waals surface area contributed by atoms with Crippen molar-refractivity contribution < 1.29 is 14.3 Å². The topological polar surface area (TPSA) is 64.9 Å². The van der Waals surface area contributed by atoms with Crippen LogP contribution in [-0.2, 0) is 11.2 Å². The van der Waals surface area contributed by atoms with E-state index in [0.29, 0.717) is 18.7 Å². The van der Waals surface area contributed by atoms with Crippen LogP contribution in [0.3, 0.4) is 0 Å². The van der Waals surface area contributed by atoms with E-state index in [2.05, 4.69) is 33.4 Å². The van der Waals surface area contributed by atoms with Gasteiger partial charge in [0.1, 0.15) is 5.75 Å². The zero-order chi connectivity index (χ0) is 21.1. The van der Waals surface area contributed by atoms with Crippen LogP contribution in [0.4, 0.5) is 5.82 Å². The van der Waals surface area contributed by atoms with Gasteiger partial charge >= 0.3 is 5.97 Å². The molecule has 1 N–H and O–H groups in total. The maximum absolute atomic E-state index is 12.3. The molecular formula is C23H22BrN3O3. The SMILES string of the molecule is CCOC(=O)c1cc2c(NCCc3ccc(OC)cc3)nc3cc(Br)ccc3n2c1. The lowest BCUT2D eigenvalue weighted by Gasteiger charge is -2.11. The summed E-state index contributed by atoms with van der Waals surface area (Å²) in [4.78, 5) is 17.1. The highest BCUT2D eigenvalue weighted by Gasteiger charge is 2.15. The smallest absolute Gasteiger partial charge is 0.339 e. The second kappa shape index (κ2) is 8.75. The molecule has 7 heteroatoms. The van der Waals surface area contributed by atoms with Gasteiger partial charge in [0.05, 0.1) is 35.8 Å². The Balaban J connectivity index is 1.66. The highest BCUT2D eigenvalue weighted by molar-refractivity contribution is 9.10. The second-order valence-electron chi connectivity index (χ2n) is 6.82. The molecule has 30 heavy (non-hydrogen) atoms. The molecule has 0 saturated heterocycles. The number of halogens is 1. The molecule has 0 aliphatic heterocycles. The molecular weight excluding hydrogens is 446 g/mol. The zero-order valence-electron chi connectivity index (χ0n) is 16.8. The van der Waals surface area contributed by atoms with Crippen LogP contribution in [0.25, 0.3) is 16.6 Å². The Morgan fingerprint density at radius 1 is 1.13 bits per heavy atom. The summed E-state index contributed by atoms with van der Waals surface area (Å²) in [6.45, 7) is 2.84. The van der Waals surface area contributed by atoms with Crippen LogP contribution in [0.1, 0.15) is 22.8 Å². The van der Waals surface area contributed by atoms with Gasteiger partial charge in [-0.2, -0.15) is 0 Å². The molecule has 0 atom stereocenters. The average molecular weight is 468 g/mol. The van der Waals surface area contributed by atoms with Crippen molar-refractivity contribution >= 4 is 44.3 Å². The fourth-order valence-electron chi connectivity index (χ4n) is 3.39. The van der Waals surface area contributed by atoms with Crippen molar-refractivity contribution in [3.05, 3.63) is 70.3 Å². The van der Waals surface area contributed by atoms with E-state index in [-0.39, 0.29) is 5.97 Å². The Labute approximate surface area is 183 Å². The van der Waals surface area contributed by atoms with E-state index in [9.17, 15) is 4.79 Å². The second-order valence-corrected chi connectivity index (χ2v) is 7.74. The molecule has 0 unspecified atom stereocenters. The lowest BCUT2D eigenvalue weighted by molar-refractivity contribution is 0.0526. The highest BCUT2D eigenvalue weighted by Crippen LogP contribution is 2.27. The first-order valence-corrected chi connectivity index (χ1v) is 10.5. The van der Waals surface area contributed by atoms with Crippen molar-refractivity contribution in [2.45, 2.75) is 13.3 Å². The maximum Gasteiger partial charge on any atom is 0.339 e. The number of fused-ring (bicyclic) bond motifs is 3. The van der Waals surface area contributed by atoms with Gasteiger partial charge in [-0.3, -0.25) is 0 Å². The van der Waals surface area contributed by atoms with Crippen LogP contribution in [0.5, 0.6) is 5.75 Å². The summed E-state index contributed by atoms with van der Waals surface area (Å²) in [6, 6.07) is 15.7. The zero-order valence-corrected chi connectivity index (χ0v) is 18.4. The minimum atomic E-state index is -0.337. The minimum absolute atomic E-state index is 0.337. The number of nitrogens with zero attached hydrogens (tertiary/aromatic N) is 2. The van der Waals surface area contributed by atoms with Gasteiger partial charge in [0.15, 0.2) is 5.82 Å². The standard InChI is InChI=1S/C23H22BrN3O3/c1-3-30-23(28)16-12-21-22(25-11-10-15-4-7-18(29-2)8-5-15)26-19-13-17(24)6-9-20(19)27(21)14-16/h4-9,12-14H,3,10-11H2,1-2H3,(H,25,26). The molecule has 2 aromatic heterocycles. The number of nitrogens with one attached hydrogen (secondary N) is 1. The molecule has 0 aliphatic rings. The molecule has 2 aromatic carbocycles. The number of ether oxygens (including phenoxy) is 2. The number of carbonyl (C=O) groups excluding carboxylic acids is 1. The average Bonchev–Trinajstić information content (AvgIpc) is 3.20. The fourth-order valence-corrected chi connectivity index (χ4v) is 3.73. The normalized spacial score (nSPS) is 11.0. The number of carbonyl (C=O) groups is 1. The highest BCUT2D eigenvalue weighted by atomic mass is 79.9. The van der Waals surface area contributed by atoms with Gasteiger partial charge in [-0.1, -0.05) is 28.1 Å². The van der Waals surface area contributed by atoms with E-state index >= 15 is 0 Å². The number of hydrogen-bond donors (Lipinski definition) is 1. The van der Waals surface area contributed by atoms with Crippen molar-refractivity contribution in [1.29, 1.82) is 0 Å². The molecule has 0 amide bonds. The predicted molar refractivity (Wildman–Crippen MR) is 122 cm³/mol.